The summed E-state index contributed by atoms with van der Waals surface area (Å²) in [6, 6.07) is 5.26. The molecule has 1 aliphatic heterocycles. The van der Waals surface area contributed by atoms with Crippen LogP contribution in [-0.2, 0) is 9.59 Å². The Balaban J connectivity index is 1.55. The first-order chi connectivity index (χ1) is 12.0. The normalized spacial score (nSPS) is 21.2. The van der Waals surface area contributed by atoms with Gasteiger partial charge in [0.2, 0.25) is 5.91 Å². The van der Waals surface area contributed by atoms with E-state index in [1.807, 2.05) is 0 Å². The lowest BCUT2D eigenvalue weighted by Gasteiger charge is -2.16. The van der Waals surface area contributed by atoms with Gasteiger partial charge in [0.1, 0.15) is 6.04 Å². The Morgan fingerprint density at radius 2 is 2.00 bits per heavy atom. The number of benzene rings is 1. The lowest BCUT2D eigenvalue weighted by Crippen LogP contribution is -2.42. The summed E-state index contributed by atoms with van der Waals surface area (Å²) in [6.45, 7) is 0.417. The fraction of sp³-hybridized carbons (Fsp3) is 0.471. The third kappa shape index (κ3) is 4.11. The van der Waals surface area contributed by atoms with Crippen molar-refractivity contribution in [3.63, 3.8) is 0 Å². The minimum atomic E-state index is -0.703. The second kappa shape index (κ2) is 7.41. The van der Waals surface area contributed by atoms with Crippen molar-refractivity contribution in [2.24, 2.45) is 11.7 Å². The molecule has 0 spiro atoms. The maximum absolute atomic E-state index is 12.5. The average Bonchev–Trinajstić information content (AvgIpc) is 3.39. The number of anilines is 1. The van der Waals surface area contributed by atoms with Crippen molar-refractivity contribution >= 4 is 35.1 Å². The monoisotopic (exact) mass is 364 g/mol. The quantitative estimate of drug-likeness (QED) is 0.636. The summed E-state index contributed by atoms with van der Waals surface area (Å²) in [5.74, 6) is -0.0332. The predicted octanol–water partition coefficient (Wildman–Crippen LogP) is 1.40. The number of nitrogens with one attached hydrogen (secondary N) is 2. The zero-order chi connectivity index (χ0) is 18.0. The van der Waals surface area contributed by atoms with Gasteiger partial charge < -0.3 is 16.4 Å². The first kappa shape index (κ1) is 17.7. The van der Waals surface area contributed by atoms with Gasteiger partial charge in [-0.1, -0.05) is 11.6 Å². The van der Waals surface area contributed by atoms with Gasteiger partial charge in [0, 0.05) is 24.0 Å². The molecule has 1 heterocycles. The van der Waals surface area contributed by atoms with E-state index in [0.29, 0.717) is 23.2 Å². The van der Waals surface area contributed by atoms with Gasteiger partial charge in [-0.05, 0) is 49.4 Å². The highest BCUT2D eigenvalue weighted by Crippen LogP contribution is 2.32. The van der Waals surface area contributed by atoms with Crippen LogP contribution in [0.3, 0.4) is 0 Å². The molecule has 1 saturated heterocycles. The fourth-order valence-corrected chi connectivity index (χ4v) is 3.11. The van der Waals surface area contributed by atoms with Crippen molar-refractivity contribution in [3.05, 3.63) is 29.3 Å². The third-order valence-corrected chi connectivity index (χ3v) is 4.81. The van der Waals surface area contributed by atoms with E-state index in [-0.39, 0.29) is 30.7 Å². The molecule has 8 heteroatoms. The number of hydrogen-bond acceptors (Lipinski definition) is 4. The summed E-state index contributed by atoms with van der Waals surface area (Å²) in [5.41, 5.74) is 6.13. The van der Waals surface area contributed by atoms with Crippen LogP contribution in [0.5, 0.6) is 0 Å². The number of urea groups is 1. The maximum Gasteiger partial charge on any atom is 0.329 e. The molecule has 25 heavy (non-hydrogen) atoms. The molecule has 0 aromatic heterocycles. The Labute approximate surface area is 150 Å². The molecular formula is C17H21ClN4O3. The summed E-state index contributed by atoms with van der Waals surface area (Å²) in [4.78, 5) is 37.7. The van der Waals surface area contributed by atoms with Gasteiger partial charge in [0.25, 0.3) is 5.91 Å². The number of nitrogens with zero attached hydrogens (tertiary/aromatic N) is 1. The number of imide groups is 1. The van der Waals surface area contributed by atoms with Gasteiger partial charge in [0.15, 0.2) is 0 Å². The third-order valence-electron chi connectivity index (χ3n) is 4.56. The minimum absolute atomic E-state index is 0.00642. The summed E-state index contributed by atoms with van der Waals surface area (Å²) >= 11 is 5.83. The van der Waals surface area contributed by atoms with Gasteiger partial charge in [-0.25, -0.2) is 9.69 Å². The number of halogens is 1. The zero-order valence-corrected chi connectivity index (χ0v) is 14.5. The molecule has 2 atom stereocenters. The molecule has 1 aromatic carbocycles. The van der Waals surface area contributed by atoms with Crippen LogP contribution in [0.4, 0.5) is 10.5 Å². The van der Waals surface area contributed by atoms with Gasteiger partial charge in [-0.3, -0.25) is 9.59 Å². The fourth-order valence-electron chi connectivity index (χ4n) is 2.98. The molecule has 7 nitrogen and oxygen atoms in total. The van der Waals surface area contributed by atoms with Gasteiger partial charge in [0.05, 0.1) is 5.69 Å². The Hall–Kier alpha value is -2.12. The van der Waals surface area contributed by atoms with Crippen LogP contribution in [0.2, 0.25) is 5.02 Å². The molecule has 1 aliphatic carbocycles. The van der Waals surface area contributed by atoms with Crippen LogP contribution in [0.25, 0.3) is 0 Å². The molecule has 1 saturated carbocycles. The predicted molar refractivity (Wildman–Crippen MR) is 94.2 cm³/mol. The topological polar surface area (TPSA) is 105 Å². The Kier molecular flexibility index (Phi) is 5.24. The highest BCUT2D eigenvalue weighted by atomic mass is 35.5. The van der Waals surface area contributed by atoms with E-state index in [2.05, 4.69) is 10.6 Å². The Morgan fingerprint density at radius 1 is 1.32 bits per heavy atom. The molecule has 2 fully saturated rings. The van der Waals surface area contributed by atoms with Gasteiger partial charge >= 0.3 is 6.03 Å². The van der Waals surface area contributed by atoms with Crippen molar-refractivity contribution in [1.82, 2.24) is 10.6 Å². The molecule has 134 valence electrons. The summed E-state index contributed by atoms with van der Waals surface area (Å²) in [5, 5.41) is 6.06. The van der Waals surface area contributed by atoms with E-state index in [1.54, 1.807) is 24.3 Å². The first-order valence-electron chi connectivity index (χ1n) is 8.39. The molecule has 0 radical (unpaired) electrons. The number of nitrogens with two attached hydrogens (primary N) is 1. The van der Waals surface area contributed by atoms with Gasteiger partial charge in [-0.15, -0.1) is 0 Å². The smallest absolute Gasteiger partial charge is 0.329 e. The average molecular weight is 365 g/mol. The Morgan fingerprint density at radius 3 is 2.60 bits per heavy atom. The summed E-state index contributed by atoms with van der Waals surface area (Å²) < 4.78 is 0. The molecule has 3 rings (SSSR count). The molecular weight excluding hydrogens is 344 g/mol. The van der Waals surface area contributed by atoms with Crippen molar-refractivity contribution < 1.29 is 14.4 Å². The van der Waals surface area contributed by atoms with Gasteiger partial charge in [-0.2, -0.15) is 0 Å². The lowest BCUT2D eigenvalue weighted by molar-refractivity contribution is -0.122. The second-order valence-electron chi connectivity index (χ2n) is 6.44. The SMILES string of the molecule is NCC(NC(=O)CCC1NC(=O)N(c2ccc(Cl)cc2)C1=O)C1CC1. The highest BCUT2D eigenvalue weighted by Gasteiger charge is 2.39. The molecule has 4 amide bonds. The largest absolute Gasteiger partial charge is 0.352 e. The van der Waals surface area contributed by atoms with Crippen LogP contribution in [-0.4, -0.2) is 36.5 Å². The zero-order valence-electron chi connectivity index (χ0n) is 13.7. The lowest BCUT2D eigenvalue weighted by atomic mass is 10.1. The van der Waals surface area contributed by atoms with Crippen molar-refractivity contribution in [1.29, 1.82) is 0 Å². The van der Waals surface area contributed by atoms with Crippen molar-refractivity contribution in [2.45, 2.75) is 37.8 Å². The molecule has 2 unspecified atom stereocenters. The molecule has 2 aliphatic rings. The molecule has 4 N–H and O–H groups in total. The number of hydrogen-bond donors (Lipinski definition) is 3. The van der Waals surface area contributed by atoms with Crippen molar-refractivity contribution in [3.8, 4) is 0 Å². The van der Waals surface area contributed by atoms with Crippen LogP contribution >= 0.6 is 11.6 Å². The van der Waals surface area contributed by atoms with E-state index in [0.717, 1.165) is 17.7 Å². The van der Waals surface area contributed by atoms with Crippen molar-refractivity contribution in [2.75, 3.05) is 11.4 Å². The second-order valence-corrected chi connectivity index (χ2v) is 6.87. The van der Waals surface area contributed by atoms with Crippen LogP contribution < -0.4 is 21.3 Å². The maximum atomic E-state index is 12.5. The number of amides is 4. The van der Waals surface area contributed by atoms with E-state index in [9.17, 15) is 14.4 Å². The molecule has 0 bridgehead atoms. The van der Waals surface area contributed by atoms with Crippen LogP contribution in [0.1, 0.15) is 25.7 Å². The standard InChI is InChI=1S/C17H21ClN4O3/c18-11-3-5-12(6-4-11)22-16(24)13(21-17(22)25)7-8-15(23)20-14(9-19)10-1-2-10/h3-6,10,13-14H,1-2,7-9,19H2,(H,20,23)(H,21,25). The Bertz CT molecular complexity index is 675. The number of rotatable bonds is 7. The minimum Gasteiger partial charge on any atom is -0.352 e. The van der Waals surface area contributed by atoms with E-state index in [1.165, 1.54) is 0 Å². The van der Waals surface area contributed by atoms with Crippen LogP contribution in [0.15, 0.2) is 24.3 Å². The molecule has 1 aromatic rings. The summed E-state index contributed by atoms with van der Waals surface area (Å²) in [6.07, 6.45) is 2.60. The van der Waals surface area contributed by atoms with E-state index < -0.39 is 12.1 Å². The van der Waals surface area contributed by atoms with E-state index >= 15 is 0 Å². The van der Waals surface area contributed by atoms with E-state index in [4.69, 9.17) is 17.3 Å². The number of carbonyl (C=O) groups excluding carboxylic acids is 3. The first-order valence-corrected chi connectivity index (χ1v) is 8.77. The highest BCUT2D eigenvalue weighted by molar-refractivity contribution is 6.30. The van der Waals surface area contributed by atoms with Crippen LogP contribution in [0, 0.1) is 5.92 Å². The number of carbonyl (C=O) groups is 3. The summed E-state index contributed by atoms with van der Waals surface area (Å²) in [7, 11) is 0.